The van der Waals surface area contributed by atoms with Crippen molar-refractivity contribution in [1.82, 2.24) is 9.97 Å². The Kier molecular flexibility index (Phi) is 3.21. The van der Waals surface area contributed by atoms with Crippen LogP contribution in [0, 0.1) is 0 Å². The standard InChI is InChI=1S/C10H7Cl3N2O2/c1-17-8(16)5-2-3-6-7(4-5)15-9(14-6)10(11,12)13/h2-4H,1H3,(H,14,15). The van der Waals surface area contributed by atoms with Crippen molar-refractivity contribution in [2.75, 3.05) is 7.11 Å². The van der Waals surface area contributed by atoms with Crippen LogP contribution in [0.3, 0.4) is 0 Å². The number of imidazole rings is 1. The third-order valence-electron chi connectivity index (χ3n) is 2.17. The van der Waals surface area contributed by atoms with Crippen molar-refractivity contribution >= 4 is 51.8 Å². The molecule has 0 bridgehead atoms. The predicted octanol–water partition coefficient (Wildman–Crippen LogP) is 3.18. The Morgan fingerprint density at radius 1 is 1.41 bits per heavy atom. The first-order valence-corrected chi connectivity index (χ1v) is 5.70. The Morgan fingerprint density at radius 3 is 2.71 bits per heavy atom. The van der Waals surface area contributed by atoms with Gasteiger partial charge in [0, 0.05) is 0 Å². The zero-order chi connectivity index (χ0) is 12.6. The van der Waals surface area contributed by atoms with Crippen LogP contribution in [-0.4, -0.2) is 23.0 Å². The maximum Gasteiger partial charge on any atom is 0.337 e. The zero-order valence-electron chi connectivity index (χ0n) is 8.63. The second-order valence-corrected chi connectivity index (χ2v) is 5.59. The fraction of sp³-hybridized carbons (Fsp3) is 0.200. The van der Waals surface area contributed by atoms with Crippen LogP contribution in [-0.2, 0) is 8.53 Å². The largest absolute Gasteiger partial charge is 0.465 e. The first kappa shape index (κ1) is 12.5. The molecule has 1 heterocycles. The first-order valence-electron chi connectivity index (χ1n) is 4.57. The highest BCUT2D eigenvalue weighted by Gasteiger charge is 2.27. The number of hydrogen-bond acceptors (Lipinski definition) is 3. The predicted molar refractivity (Wildman–Crippen MR) is 66.7 cm³/mol. The number of carbonyl (C=O) groups is 1. The molecule has 17 heavy (non-hydrogen) atoms. The lowest BCUT2D eigenvalue weighted by Crippen LogP contribution is -2.02. The summed E-state index contributed by atoms with van der Waals surface area (Å²) in [6, 6.07) is 4.85. The molecular weight excluding hydrogens is 286 g/mol. The molecule has 0 amide bonds. The van der Waals surface area contributed by atoms with Gasteiger partial charge in [-0.25, -0.2) is 9.78 Å². The minimum absolute atomic E-state index is 0.208. The summed E-state index contributed by atoms with van der Waals surface area (Å²) in [5.74, 6) is -0.232. The van der Waals surface area contributed by atoms with Crippen LogP contribution in [0.1, 0.15) is 16.2 Å². The molecule has 0 spiro atoms. The SMILES string of the molecule is COC(=O)c1ccc2[nH]c(C(Cl)(Cl)Cl)nc2c1. The summed E-state index contributed by atoms with van der Waals surface area (Å²) in [7, 11) is 1.31. The maximum atomic E-state index is 11.3. The Labute approximate surface area is 112 Å². The van der Waals surface area contributed by atoms with Crippen LogP contribution >= 0.6 is 34.8 Å². The monoisotopic (exact) mass is 292 g/mol. The summed E-state index contributed by atoms with van der Waals surface area (Å²) >= 11 is 17.1. The van der Waals surface area contributed by atoms with Crippen molar-refractivity contribution in [3.8, 4) is 0 Å². The van der Waals surface area contributed by atoms with Crippen molar-refractivity contribution in [1.29, 1.82) is 0 Å². The lowest BCUT2D eigenvalue weighted by molar-refractivity contribution is 0.0601. The van der Waals surface area contributed by atoms with Crippen molar-refractivity contribution in [3.05, 3.63) is 29.6 Å². The number of nitrogens with zero attached hydrogens (tertiary/aromatic N) is 1. The molecule has 90 valence electrons. The Hall–Kier alpha value is -0.970. The molecule has 2 rings (SSSR count). The van der Waals surface area contributed by atoms with E-state index in [1.54, 1.807) is 18.2 Å². The van der Waals surface area contributed by atoms with E-state index in [1.165, 1.54) is 7.11 Å². The Bertz CT molecular complexity index is 574. The van der Waals surface area contributed by atoms with Crippen molar-refractivity contribution in [3.63, 3.8) is 0 Å². The van der Waals surface area contributed by atoms with Gasteiger partial charge >= 0.3 is 5.97 Å². The molecule has 7 heteroatoms. The fourth-order valence-corrected chi connectivity index (χ4v) is 1.65. The van der Waals surface area contributed by atoms with Crippen LogP contribution in [0.15, 0.2) is 18.2 Å². The van der Waals surface area contributed by atoms with Crippen LogP contribution in [0.4, 0.5) is 0 Å². The molecule has 1 aromatic carbocycles. The van der Waals surface area contributed by atoms with Gasteiger partial charge in [0.25, 0.3) is 0 Å². The fourth-order valence-electron chi connectivity index (χ4n) is 1.38. The van der Waals surface area contributed by atoms with E-state index in [0.717, 1.165) is 0 Å². The number of ether oxygens (including phenoxy) is 1. The van der Waals surface area contributed by atoms with Gasteiger partial charge in [0.1, 0.15) is 0 Å². The lowest BCUT2D eigenvalue weighted by Gasteiger charge is -2.04. The Balaban J connectivity index is 2.52. The number of methoxy groups -OCH3 is 1. The molecule has 4 nitrogen and oxygen atoms in total. The van der Waals surface area contributed by atoms with Gasteiger partial charge in [0.2, 0.25) is 3.79 Å². The number of alkyl halides is 3. The number of aromatic nitrogens is 2. The van der Waals surface area contributed by atoms with Gasteiger partial charge in [-0.1, -0.05) is 34.8 Å². The van der Waals surface area contributed by atoms with E-state index < -0.39 is 9.76 Å². The van der Waals surface area contributed by atoms with E-state index in [1.807, 2.05) is 0 Å². The molecule has 0 saturated heterocycles. The molecule has 0 saturated carbocycles. The summed E-state index contributed by atoms with van der Waals surface area (Å²) in [5.41, 5.74) is 1.61. The van der Waals surface area contributed by atoms with Gasteiger partial charge in [0.15, 0.2) is 5.82 Å². The van der Waals surface area contributed by atoms with Crippen molar-refractivity contribution < 1.29 is 9.53 Å². The topological polar surface area (TPSA) is 55.0 Å². The molecule has 0 aliphatic carbocycles. The number of aromatic amines is 1. The minimum Gasteiger partial charge on any atom is -0.465 e. The zero-order valence-corrected chi connectivity index (χ0v) is 10.9. The van der Waals surface area contributed by atoms with E-state index in [2.05, 4.69) is 14.7 Å². The quantitative estimate of drug-likeness (QED) is 0.649. The summed E-state index contributed by atoms with van der Waals surface area (Å²) in [4.78, 5) is 18.3. The molecule has 2 aromatic rings. The van der Waals surface area contributed by atoms with Crippen LogP contribution in [0.2, 0.25) is 0 Å². The molecule has 0 aliphatic rings. The van der Waals surface area contributed by atoms with Crippen LogP contribution in [0.5, 0.6) is 0 Å². The minimum atomic E-state index is -1.62. The molecule has 0 fully saturated rings. The highest BCUT2D eigenvalue weighted by atomic mass is 35.6. The highest BCUT2D eigenvalue weighted by Crippen LogP contribution is 2.37. The van der Waals surface area contributed by atoms with E-state index in [0.29, 0.717) is 16.6 Å². The summed E-state index contributed by atoms with van der Waals surface area (Å²) in [6.45, 7) is 0. The molecule has 0 unspecified atom stereocenters. The molecule has 1 aromatic heterocycles. The summed E-state index contributed by atoms with van der Waals surface area (Å²) in [5, 5.41) is 0. The molecule has 0 atom stereocenters. The smallest absolute Gasteiger partial charge is 0.337 e. The van der Waals surface area contributed by atoms with Gasteiger partial charge in [0.05, 0.1) is 23.7 Å². The normalized spacial score (nSPS) is 11.8. The van der Waals surface area contributed by atoms with Crippen molar-refractivity contribution in [2.45, 2.75) is 3.79 Å². The average molecular weight is 294 g/mol. The number of halogens is 3. The number of esters is 1. The summed E-state index contributed by atoms with van der Waals surface area (Å²) in [6.07, 6.45) is 0. The van der Waals surface area contributed by atoms with Crippen molar-refractivity contribution in [2.24, 2.45) is 0 Å². The van der Waals surface area contributed by atoms with Gasteiger partial charge in [-0.15, -0.1) is 0 Å². The Morgan fingerprint density at radius 2 is 2.12 bits per heavy atom. The first-order chi connectivity index (χ1) is 7.91. The molecular formula is C10H7Cl3N2O2. The highest BCUT2D eigenvalue weighted by molar-refractivity contribution is 6.66. The van der Waals surface area contributed by atoms with Gasteiger partial charge in [-0.3, -0.25) is 0 Å². The number of carbonyl (C=O) groups excluding carboxylic acids is 1. The third-order valence-corrected chi connectivity index (χ3v) is 2.71. The number of nitrogens with one attached hydrogen (secondary N) is 1. The number of rotatable bonds is 1. The lowest BCUT2D eigenvalue weighted by atomic mass is 10.2. The average Bonchev–Trinajstić information content (AvgIpc) is 2.70. The molecule has 0 radical (unpaired) electrons. The summed E-state index contributed by atoms with van der Waals surface area (Å²) < 4.78 is 2.98. The maximum absolute atomic E-state index is 11.3. The van der Waals surface area contributed by atoms with E-state index in [4.69, 9.17) is 34.8 Å². The van der Waals surface area contributed by atoms with Gasteiger partial charge < -0.3 is 9.72 Å². The van der Waals surface area contributed by atoms with E-state index in [-0.39, 0.29) is 5.82 Å². The van der Waals surface area contributed by atoms with E-state index in [9.17, 15) is 4.79 Å². The third kappa shape index (κ3) is 2.49. The molecule has 1 N–H and O–H groups in total. The number of fused-ring (bicyclic) bond motifs is 1. The number of benzene rings is 1. The number of hydrogen-bond donors (Lipinski definition) is 1. The molecule has 0 aliphatic heterocycles. The second-order valence-electron chi connectivity index (χ2n) is 3.31. The van der Waals surface area contributed by atoms with Gasteiger partial charge in [-0.2, -0.15) is 0 Å². The number of H-pyrrole nitrogens is 1. The second kappa shape index (κ2) is 4.37. The van der Waals surface area contributed by atoms with Gasteiger partial charge in [-0.05, 0) is 18.2 Å². The van der Waals surface area contributed by atoms with Crippen LogP contribution < -0.4 is 0 Å². The van der Waals surface area contributed by atoms with Crippen LogP contribution in [0.25, 0.3) is 11.0 Å². The van der Waals surface area contributed by atoms with E-state index >= 15 is 0 Å².